The number of carboxylic acid groups (broad SMARTS) is 1. The quantitative estimate of drug-likeness (QED) is 0.724. The largest absolute Gasteiger partial charge is 0.481 e. The number of hydrogen-bond acceptors (Lipinski definition) is 3. The summed E-state index contributed by atoms with van der Waals surface area (Å²) in [6, 6.07) is 0.491. The van der Waals surface area contributed by atoms with Crippen molar-refractivity contribution in [3.05, 3.63) is 0 Å². The van der Waals surface area contributed by atoms with Crippen molar-refractivity contribution in [3.63, 3.8) is 0 Å². The van der Waals surface area contributed by atoms with E-state index >= 15 is 0 Å². The van der Waals surface area contributed by atoms with Crippen molar-refractivity contribution < 1.29 is 14.7 Å². The molecular formula is C16H28N2O3. The standard InChI is InChI=1S/C16H28N2O3/c1-11-5-7-13(8-6-11)18-15(19)10-17-14-4-2-3-12(9-14)16(20)21/h11-14,17H,2-10H2,1H3,(H,18,19)(H,20,21). The van der Waals surface area contributed by atoms with Gasteiger partial charge < -0.3 is 15.7 Å². The Morgan fingerprint density at radius 3 is 2.43 bits per heavy atom. The van der Waals surface area contributed by atoms with Crippen LogP contribution in [0.5, 0.6) is 0 Å². The molecule has 0 saturated heterocycles. The molecule has 2 unspecified atom stereocenters. The molecule has 1 amide bonds. The molecule has 0 spiro atoms. The molecule has 120 valence electrons. The summed E-state index contributed by atoms with van der Waals surface area (Å²) in [6.07, 6.45) is 7.86. The molecule has 2 fully saturated rings. The first-order valence-electron chi connectivity index (χ1n) is 8.30. The maximum atomic E-state index is 12.0. The number of carboxylic acids is 1. The van der Waals surface area contributed by atoms with Gasteiger partial charge in [0.15, 0.2) is 0 Å². The second kappa shape index (κ2) is 7.78. The lowest BCUT2D eigenvalue weighted by atomic mass is 9.86. The molecular weight excluding hydrogens is 268 g/mol. The molecule has 5 heteroatoms. The average Bonchev–Trinajstić information content (AvgIpc) is 2.48. The van der Waals surface area contributed by atoms with E-state index in [4.69, 9.17) is 5.11 Å². The number of aliphatic carboxylic acids is 1. The SMILES string of the molecule is CC1CCC(NC(=O)CNC2CCCC(C(=O)O)C2)CC1. The molecule has 2 aliphatic carbocycles. The van der Waals surface area contributed by atoms with Crippen molar-refractivity contribution in [1.82, 2.24) is 10.6 Å². The highest BCUT2D eigenvalue weighted by molar-refractivity contribution is 5.78. The molecule has 21 heavy (non-hydrogen) atoms. The molecule has 2 aliphatic rings. The summed E-state index contributed by atoms with van der Waals surface area (Å²) in [7, 11) is 0. The predicted molar refractivity (Wildman–Crippen MR) is 80.9 cm³/mol. The molecule has 2 rings (SSSR count). The monoisotopic (exact) mass is 296 g/mol. The lowest BCUT2D eigenvalue weighted by Crippen LogP contribution is -2.45. The van der Waals surface area contributed by atoms with E-state index in [0.29, 0.717) is 19.0 Å². The number of carbonyl (C=O) groups is 2. The molecule has 0 heterocycles. The topological polar surface area (TPSA) is 78.4 Å². The second-order valence-electron chi connectivity index (χ2n) is 6.80. The van der Waals surface area contributed by atoms with Crippen molar-refractivity contribution >= 4 is 11.9 Å². The van der Waals surface area contributed by atoms with Gasteiger partial charge in [-0.2, -0.15) is 0 Å². The summed E-state index contributed by atoms with van der Waals surface area (Å²) in [4.78, 5) is 23.0. The zero-order chi connectivity index (χ0) is 15.2. The molecule has 0 aromatic rings. The van der Waals surface area contributed by atoms with E-state index in [9.17, 15) is 9.59 Å². The van der Waals surface area contributed by atoms with Crippen LogP contribution in [0, 0.1) is 11.8 Å². The maximum Gasteiger partial charge on any atom is 0.306 e. The fourth-order valence-electron chi connectivity index (χ4n) is 3.52. The van der Waals surface area contributed by atoms with E-state index in [0.717, 1.165) is 38.0 Å². The number of rotatable bonds is 5. The Morgan fingerprint density at radius 2 is 1.76 bits per heavy atom. The first kappa shape index (κ1) is 16.3. The zero-order valence-corrected chi connectivity index (χ0v) is 12.9. The summed E-state index contributed by atoms with van der Waals surface area (Å²) in [6.45, 7) is 2.57. The van der Waals surface area contributed by atoms with Crippen LogP contribution in [0.4, 0.5) is 0 Å². The van der Waals surface area contributed by atoms with Crippen molar-refractivity contribution in [2.24, 2.45) is 11.8 Å². The highest BCUT2D eigenvalue weighted by atomic mass is 16.4. The molecule has 2 saturated carbocycles. The third kappa shape index (κ3) is 5.30. The number of amides is 1. The van der Waals surface area contributed by atoms with Crippen LogP contribution in [0.25, 0.3) is 0 Å². The zero-order valence-electron chi connectivity index (χ0n) is 12.9. The lowest BCUT2D eigenvalue weighted by Gasteiger charge is -2.29. The minimum atomic E-state index is -0.706. The normalized spacial score (nSPS) is 33.4. The first-order chi connectivity index (χ1) is 10.0. The van der Waals surface area contributed by atoms with Gasteiger partial charge in [0.2, 0.25) is 5.91 Å². The minimum Gasteiger partial charge on any atom is -0.481 e. The number of hydrogen-bond donors (Lipinski definition) is 3. The average molecular weight is 296 g/mol. The smallest absolute Gasteiger partial charge is 0.306 e. The Hall–Kier alpha value is -1.10. The van der Waals surface area contributed by atoms with Crippen LogP contribution in [-0.4, -0.2) is 35.6 Å². The minimum absolute atomic E-state index is 0.0481. The third-order valence-electron chi connectivity index (χ3n) is 4.96. The van der Waals surface area contributed by atoms with E-state index in [1.807, 2.05) is 0 Å². The van der Waals surface area contributed by atoms with E-state index in [1.165, 1.54) is 12.8 Å². The fourth-order valence-corrected chi connectivity index (χ4v) is 3.52. The summed E-state index contributed by atoms with van der Waals surface area (Å²) in [5, 5.41) is 15.4. The second-order valence-corrected chi connectivity index (χ2v) is 6.80. The van der Waals surface area contributed by atoms with Crippen LogP contribution in [-0.2, 0) is 9.59 Å². The van der Waals surface area contributed by atoms with Crippen LogP contribution < -0.4 is 10.6 Å². The van der Waals surface area contributed by atoms with Gasteiger partial charge >= 0.3 is 5.97 Å². The number of nitrogens with one attached hydrogen (secondary N) is 2. The van der Waals surface area contributed by atoms with Gasteiger partial charge in [0.05, 0.1) is 12.5 Å². The van der Waals surface area contributed by atoms with Gasteiger partial charge in [0, 0.05) is 12.1 Å². The van der Waals surface area contributed by atoms with Crippen molar-refractivity contribution in [2.45, 2.75) is 70.4 Å². The Labute approximate surface area is 126 Å². The molecule has 5 nitrogen and oxygen atoms in total. The highest BCUT2D eigenvalue weighted by Gasteiger charge is 2.27. The number of carbonyl (C=O) groups excluding carboxylic acids is 1. The van der Waals surface area contributed by atoms with Crippen LogP contribution >= 0.6 is 0 Å². The molecule has 0 aliphatic heterocycles. The summed E-state index contributed by atoms with van der Waals surface area (Å²) < 4.78 is 0. The van der Waals surface area contributed by atoms with Crippen molar-refractivity contribution in [1.29, 1.82) is 0 Å². The van der Waals surface area contributed by atoms with Crippen LogP contribution in [0.2, 0.25) is 0 Å². The van der Waals surface area contributed by atoms with E-state index in [1.54, 1.807) is 0 Å². The predicted octanol–water partition coefficient (Wildman–Crippen LogP) is 1.91. The Kier molecular flexibility index (Phi) is 6.03. The van der Waals surface area contributed by atoms with Gasteiger partial charge in [-0.1, -0.05) is 13.3 Å². The summed E-state index contributed by atoms with van der Waals surface area (Å²) in [5.74, 6) is -0.125. The van der Waals surface area contributed by atoms with Gasteiger partial charge in [-0.05, 0) is 50.9 Å². The van der Waals surface area contributed by atoms with Crippen molar-refractivity contribution in [2.75, 3.05) is 6.54 Å². The van der Waals surface area contributed by atoms with Gasteiger partial charge in [-0.15, -0.1) is 0 Å². The third-order valence-corrected chi connectivity index (χ3v) is 4.96. The Morgan fingerprint density at radius 1 is 1.05 bits per heavy atom. The van der Waals surface area contributed by atoms with Gasteiger partial charge in [-0.25, -0.2) is 0 Å². The van der Waals surface area contributed by atoms with E-state index in [-0.39, 0.29) is 17.9 Å². The fraction of sp³-hybridized carbons (Fsp3) is 0.875. The maximum absolute atomic E-state index is 12.0. The molecule has 2 atom stereocenters. The Bertz CT molecular complexity index is 365. The molecule has 0 aromatic heterocycles. The summed E-state index contributed by atoms with van der Waals surface area (Å²) >= 11 is 0. The van der Waals surface area contributed by atoms with Crippen LogP contribution in [0.15, 0.2) is 0 Å². The molecule has 3 N–H and O–H groups in total. The van der Waals surface area contributed by atoms with E-state index in [2.05, 4.69) is 17.6 Å². The first-order valence-corrected chi connectivity index (χ1v) is 8.30. The summed E-state index contributed by atoms with van der Waals surface area (Å²) in [5.41, 5.74) is 0. The van der Waals surface area contributed by atoms with E-state index < -0.39 is 5.97 Å². The van der Waals surface area contributed by atoms with Gasteiger partial charge in [0.25, 0.3) is 0 Å². The Balaban J connectivity index is 1.65. The highest BCUT2D eigenvalue weighted by Crippen LogP contribution is 2.25. The van der Waals surface area contributed by atoms with Gasteiger partial charge in [-0.3, -0.25) is 9.59 Å². The van der Waals surface area contributed by atoms with Crippen LogP contribution in [0.3, 0.4) is 0 Å². The van der Waals surface area contributed by atoms with Crippen LogP contribution in [0.1, 0.15) is 58.3 Å². The van der Waals surface area contributed by atoms with Crippen molar-refractivity contribution in [3.8, 4) is 0 Å². The molecule has 0 radical (unpaired) electrons. The molecule has 0 aromatic carbocycles. The molecule has 0 bridgehead atoms. The van der Waals surface area contributed by atoms with Gasteiger partial charge in [0.1, 0.15) is 0 Å². The lowest BCUT2D eigenvalue weighted by molar-refractivity contribution is -0.143.